The number of rotatable bonds is 11. The van der Waals surface area contributed by atoms with Crippen LogP contribution in [0.5, 0.6) is 0 Å². The number of hydrogen-bond donors (Lipinski definition) is 2. The van der Waals surface area contributed by atoms with Crippen LogP contribution in [0.1, 0.15) is 35.4 Å². The Morgan fingerprint density at radius 1 is 1.18 bits per heavy atom. The standard InChI is InChI=1S/C22H24N4O5S2/c1-31-21(30)19-16(10-12-32-19)24-18(28)13-33-22-25-15-8-5-4-7-14(15)20(29)26(22)11-6-2-3-9-17(23)27/h4-5,7-8,10,12H,2-3,6,9,11,13H2,1H3,(H2,23,27)(H,24,28). The predicted octanol–water partition coefficient (Wildman–Crippen LogP) is 3.02. The molecule has 33 heavy (non-hydrogen) atoms. The number of primary amides is 1. The number of hydrogen-bond acceptors (Lipinski definition) is 8. The van der Waals surface area contributed by atoms with E-state index in [1.807, 2.05) is 0 Å². The number of anilines is 1. The highest BCUT2D eigenvalue weighted by atomic mass is 32.2. The summed E-state index contributed by atoms with van der Waals surface area (Å²) in [6.07, 6.45) is 2.37. The molecule has 0 radical (unpaired) electrons. The number of amides is 2. The molecule has 9 nitrogen and oxygen atoms in total. The third-order valence-electron chi connectivity index (χ3n) is 4.77. The lowest BCUT2D eigenvalue weighted by Crippen LogP contribution is -2.24. The zero-order valence-corrected chi connectivity index (χ0v) is 19.7. The van der Waals surface area contributed by atoms with Crippen LogP contribution in [-0.4, -0.2) is 40.2 Å². The Bertz CT molecular complexity index is 1220. The summed E-state index contributed by atoms with van der Waals surface area (Å²) in [4.78, 5) is 53.2. The van der Waals surface area contributed by atoms with Gasteiger partial charge in [0.1, 0.15) is 4.88 Å². The molecule has 2 amide bonds. The number of unbranched alkanes of at least 4 members (excludes halogenated alkanes) is 2. The fourth-order valence-electron chi connectivity index (χ4n) is 3.18. The molecule has 0 unspecified atom stereocenters. The second-order valence-electron chi connectivity index (χ2n) is 7.14. The first-order valence-electron chi connectivity index (χ1n) is 10.3. The van der Waals surface area contributed by atoms with Crippen LogP contribution in [0, 0.1) is 0 Å². The van der Waals surface area contributed by atoms with Gasteiger partial charge in [-0.25, -0.2) is 9.78 Å². The van der Waals surface area contributed by atoms with E-state index in [4.69, 9.17) is 10.5 Å². The fourth-order valence-corrected chi connectivity index (χ4v) is 4.77. The summed E-state index contributed by atoms with van der Waals surface area (Å²) in [7, 11) is 1.28. The highest BCUT2D eigenvalue weighted by molar-refractivity contribution is 7.99. The average molecular weight is 489 g/mol. The fraction of sp³-hybridized carbons (Fsp3) is 0.318. The highest BCUT2D eigenvalue weighted by Gasteiger charge is 2.17. The summed E-state index contributed by atoms with van der Waals surface area (Å²) >= 11 is 2.32. The Morgan fingerprint density at radius 3 is 2.73 bits per heavy atom. The maximum atomic E-state index is 13.1. The van der Waals surface area contributed by atoms with Crippen LogP contribution in [0.3, 0.4) is 0 Å². The molecule has 0 aliphatic heterocycles. The molecule has 11 heteroatoms. The van der Waals surface area contributed by atoms with Crippen molar-refractivity contribution in [3.8, 4) is 0 Å². The van der Waals surface area contributed by atoms with E-state index in [0.717, 1.165) is 18.2 Å². The Labute approximate surface area is 198 Å². The van der Waals surface area contributed by atoms with Gasteiger partial charge in [-0.1, -0.05) is 30.3 Å². The summed E-state index contributed by atoms with van der Waals surface area (Å²) in [6, 6.07) is 8.69. The summed E-state index contributed by atoms with van der Waals surface area (Å²) in [5.74, 6) is -1.20. The van der Waals surface area contributed by atoms with Gasteiger partial charge in [0.15, 0.2) is 5.16 Å². The third-order valence-corrected chi connectivity index (χ3v) is 6.64. The number of nitrogens with one attached hydrogen (secondary N) is 1. The van der Waals surface area contributed by atoms with Gasteiger partial charge in [0, 0.05) is 13.0 Å². The molecule has 0 fully saturated rings. The van der Waals surface area contributed by atoms with Gasteiger partial charge in [-0.05, 0) is 36.4 Å². The normalized spacial score (nSPS) is 10.8. The van der Waals surface area contributed by atoms with Gasteiger partial charge >= 0.3 is 5.97 Å². The average Bonchev–Trinajstić information content (AvgIpc) is 3.26. The van der Waals surface area contributed by atoms with Crippen molar-refractivity contribution in [2.45, 2.75) is 37.4 Å². The number of benzene rings is 1. The summed E-state index contributed by atoms with van der Waals surface area (Å²) in [5, 5.41) is 5.34. The first kappa shape index (κ1) is 24.5. The molecule has 0 saturated carbocycles. The minimum absolute atomic E-state index is 0.00289. The van der Waals surface area contributed by atoms with Crippen molar-refractivity contribution in [2.24, 2.45) is 5.73 Å². The zero-order chi connectivity index (χ0) is 23.8. The van der Waals surface area contributed by atoms with Gasteiger partial charge in [0.05, 0.1) is 29.5 Å². The number of fused-ring (bicyclic) bond motifs is 1. The smallest absolute Gasteiger partial charge is 0.350 e. The number of carbonyl (C=O) groups is 3. The molecule has 0 saturated heterocycles. The number of nitrogens with two attached hydrogens (primary N) is 1. The third kappa shape index (κ3) is 6.42. The van der Waals surface area contributed by atoms with Crippen molar-refractivity contribution < 1.29 is 19.1 Å². The van der Waals surface area contributed by atoms with Gasteiger partial charge in [-0.3, -0.25) is 19.0 Å². The zero-order valence-electron chi connectivity index (χ0n) is 18.0. The molecular weight excluding hydrogens is 464 g/mol. The number of aromatic nitrogens is 2. The predicted molar refractivity (Wildman–Crippen MR) is 129 cm³/mol. The second kappa shape index (κ2) is 11.6. The summed E-state index contributed by atoms with van der Waals surface area (Å²) in [6.45, 7) is 0.413. The van der Waals surface area contributed by atoms with Crippen molar-refractivity contribution in [2.75, 3.05) is 18.2 Å². The molecule has 2 heterocycles. The van der Waals surface area contributed by atoms with Crippen molar-refractivity contribution in [1.29, 1.82) is 0 Å². The Morgan fingerprint density at radius 2 is 1.97 bits per heavy atom. The molecule has 0 atom stereocenters. The maximum absolute atomic E-state index is 13.1. The Hall–Kier alpha value is -3.18. The molecule has 2 aromatic heterocycles. The first-order valence-corrected chi connectivity index (χ1v) is 12.1. The van der Waals surface area contributed by atoms with Gasteiger partial charge in [0.25, 0.3) is 5.56 Å². The van der Waals surface area contributed by atoms with Crippen LogP contribution in [0.4, 0.5) is 5.69 Å². The quantitative estimate of drug-likeness (QED) is 0.183. The molecular formula is C22H24N4O5S2. The topological polar surface area (TPSA) is 133 Å². The molecule has 0 aliphatic rings. The van der Waals surface area contributed by atoms with E-state index in [0.29, 0.717) is 52.4 Å². The van der Waals surface area contributed by atoms with Crippen LogP contribution >= 0.6 is 23.1 Å². The number of nitrogens with zero attached hydrogens (tertiary/aromatic N) is 2. The molecule has 174 valence electrons. The lowest BCUT2D eigenvalue weighted by molar-refractivity contribution is -0.118. The van der Waals surface area contributed by atoms with Crippen molar-refractivity contribution in [3.05, 3.63) is 50.9 Å². The van der Waals surface area contributed by atoms with Crippen LogP contribution in [0.25, 0.3) is 10.9 Å². The minimum Gasteiger partial charge on any atom is -0.465 e. The monoisotopic (exact) mass is 488 g/mol. The van der Waals surface area contributed by atoms with Crippen LogP contribution in [0.15, 0.2) is 45.7 Å². The van der Waals surface area contributed by atoms with Crippen LogP contribution in [0.2, 0.25) is 0 Å². The van der Waals surface area contributed by atoms with Crippen molar-refractivity contribution in [1.82, 2.24) is 9.55 Å². The number of ether oxygens (including phenoxy) is 1. The number of esters is 1. The van der Waals surface area contributed by atoms with E-state index in [9.17, 15) is 19.2 Å². The molecule has 0 bridgehead atoms. The van der Waals surface area contributed by atoms with Gasteiger partial charge < -0.3 is 15.8 Å². The van der Waals surface area contributed by atoms with E-state index in [1.54, 1.807) is 40.3 Å². The molecule has 1 aromatic carbocycles. The van der Waals surface area contributed by atoms with E-state index in [-0.39, 0.29) is 23.1 Å². The number of thiophene rings is 1. The van der Waals surface area contributed by atoms with Crippen molar-refractivity contribution >= 4 is 57.5 Å². The largest absolute Gasteiger partial charge is 0.465 e. The van der Waals surface area contributed by atoms with Crippen LogP contribution in [-0.2, 0) is 20.9 Å². The summed E-state index contributed by atoms with van der Waals surface area (Å²) in [5.41, 5.74) is 5.94. The van der Waals surface area contributed by atoms with Gasteiger partial charge in [0.2, 0.25) is 11.8 Å². The van der Waals surface area contributed by atoms with E-state index >= 15 is 0 Å². The SMILES string of the molecule is COC(=O)c1sccc1NC(=O)CSc1nc2ccccc2c(=O)n1CCCCCC(N)=O. The highest BCUT2D eigenvalue weighted by Crippen LogP contribution is 2.24. The Kier molecular flexibility index (Phi) is 8.61. The molecule has 0 spiro atoms. The van der Waals surface area contributed by atoms with Crippen molar-refractivity contribution in [3.63, 3.8) is 0 Å². The number of carbonyl (C=O) groups excluding carboxylic acids is 3. The number of methoxy groups -OCH3 is 1. The number of para-hydroxylation sites is 1. The molecule has 3 aromatic rings. The van der Waals surface area contributed by atoms with E-state index < -0.39 is 5.97 Å². The Balaban J connectivity index is 1.73. The first-order chi connectivity index (χ1) is 15.9. The lowest BCUT2D eigenvalue weighted by Gasteiger charge is -2.13. The lowest BCUT2D eigenvalue weighted by atomic mass is 10.2. The van der Waals surface area contributed by atoms with Crippen LogP contribution < -0.4 is 16.6 Å². The molecule has 3 N–H and O–H groups in total. The maximum Gasteiger partial charge on any atom is 0.350 e. The molecule has 0 aliphatic carbocycles. The summed E-state index contributed by atoms with van der Waals surface area (Å²) < 4.78 is 6.29. The van der Waals surface area contributed by atoms with E-state index in [2.05, 4.69) is 10.3 Å². The van der Waals surface area contributed by atoms with Gasteiger partial charge in [-0.15, -0.1) is 11.3 Å². The van der Waals surface area contributed by atoms with E-state index in [1.165, 1.54) is 18.4 Å². The number of thioether (sulfide) groups is 1. The van der Waals surface area contributed by atoms with Gasteiger partial charge in [-0.2, -0.15) is 0 Å². The second-order valence-corrected chi connectivity index (χ2v) is 9.00. The molecule has 3 rings (SSSR count). The minimum atomic E-state index is -0.519.